The van der Waals surface area contributed by atoms with E-state index in [4.69, 9.17) is 10.7 Å². The fourth-order valence-corrected chi connectivity index (χ4v) is 3.44. The molecule has 0 radical (unpaired) electrons. The van der Waals surface area contributed by atoms with Crippen molar-refractivity contribution in [3.8, 4) is 11.4 Å². The van der Waals surface area contributed by atoms with Gasteiger partial charge < -0.3 is 10.6 Å². The molecule has 25 heavy (non-hydrogen) atoms. The third-order valence-corrected chi connectivity index (χ3v) is 4.93. The molecule has 0 saturated carbocycles. The van der Waals surface area contributed by atoms with Gasteiger partial charge in [0.2, 0.25) is 0 Å². The Morgan fingerprint density at radius 3 is 2.56 bits per heavy atom. The molecule has 0 atom stereocenters. The smallest absolute Gasteiger partial charge is 0.137 e. The number of nitrogens with two attached hydrogens (primary N) is 1. The highest BCUT2D eigenvalue weighted by Gasteiger charge is 2.21. The van der Waals surface area contributed by atoms with E-state index in [1.165, 1.54) is 0 Å². The number of pyridine rings is 2. The Balaban J connectivity index is 1.71. The number of rotatable bonds is 4. The molecule has 2 N–H and O–H groups in total. The third kappa shape index (κ3) is 3.23. The molecule has 3 aromatic heterocycles. The zero-order valence-electron chi connectivity index (χ0n) is 14.6. The van der Waals surface area contributed by atoms with Crippen molar-refractivity contribution in [2.75, 3.05) is 38.5 Å². The van der Waals surface area contributed by atoms with Crippen molar-refractivity contribution in [3.63, 3.8) is 0 Å². The molecule has 0 aromatic carbocycles. The summed E-state index contributed by atoms with van der Waals surface area (Å²) in [5.74, 6) is 0. The summed E-state index contributed by atoms with van der Waals surface area (Å²) >= 11 is 0. The number of fused-ring (bicyclic) bond motifs is 1. The standard InChI is InChI=1S/C19H24N6/c1-2-23-9-11-24(12-10-23)14-17-19(16-5-3-4-8-21-16)22-18-7-6-15(20)13-25(17)18/h3-8,13H,2,9-12,14,20H2,1H3. The van der Waals surface area contributed by atoms with Crippen LogP contribution >= 0.6 is 0 Å². The molecule has 0 amide bonds. The van der Waals surface area contributed by atoms with Crippen molar-refractivity contribution in [2.45, 2.75) is 13.5 Å². The van der Waals surface area contributed by atoms with Crippen LogP contribution in [0, 0.1) is 0 Å². The van der Waals surface area contributed by atoms with E-state index in [9.17, 15) is 0 Å². The molecule has 1 fully saturated rings. The number of hydrogen-bond acceptors (Lipinski definition) is 5. The lowest BCUT2D eigenvalue weighted by Gasteiger charge is -2.34. The monoisotopic (exact) mass is 336 g/mol. The van der Waals surface area contributed by atoms with Gasteiger partial charge in [0.25, 0.3) is 0 Å². The van der Waals surface area contributed by atoms with Crippen LogP contribution in [0.5, 0.6) is 0 Å². The van der Waals surface area contributed by atoms with Crippen LogP contribution in [-0.4, -0.2) is 56.9 Å². The number of likely N-dealkylation sites (N-methyl/N-ethyl adjacent to an activating group) is 1. The highest BCUT2D eigenvalue weighted by molar-refractivity contribution is 5.64. The predicted octanol–water partition coefficient (Wildman–Crippen LogP) is 2.12. The highest BCUT2D eigenvalue weighted by atomic mass is 15.3. The minimum atomic E-state index is 0.745. The van der Waals surface area contributed by atoms with Gasteiger partial charge in [0.1, 0.15) is 11.3 Å². The van der Waals surface area contributed by atoms with E-state index in [1.54, 1.807) is 0 Å². The molecule has 4 heterocycles. The van der Waals surface area contributed by atoms with Gasteiger partial charge in [-0.15, -0.1) is 0 Å². The summed E-state index contributed by atoms with van der Waals surface area (Å²) in [4.78, 5) is 14.3. The van der Waals surface area contributed by atoms with Crippen LogP contribution in [0.15, 0.2) is 42.7 Å². The van der Waals surface area contributed by atoms with Crippen LogP contribution in [0.2, 0.25) is 0 Å². The summed E-state index contributed by atoms with van der Waals surface area (Å²) in [7, 11) is 0. The fraction of sp³-hybridized carbons (Fsp3) is 0.368. The molecule has 0 unspecified atom stereocenters. The lowest BCUT2D eigenvalue weighted by Crippen LogP contribution is -2.45. The maximum atomic E-state index is 6.03. The zero-order valence-corrected chi connectivity index (χ0v) is 14.6. The fourth-order valence-electron chi connectivity index (χ4n) is 3.44. The summed E-state index contributed by atoms with van der Waals surface area (Å²) in [5.41, 5.74) is 10.7. The van der Waals surface area contributed by atoms with Gasteiger partial charge in [0.05, 0.1) is 11.4 Å². The summed E-state index contributed by atoms with van der Waals surface area (Å²) < 4.78 is 2.12. The van der Waals surface area contributed by atoms with Gasteiger partial charge in [0.15, 0.2) is 0 Å². The summed E-state index contributed by atoms with van der Waals surface area (Å²) in [6, 6.07) is 9.82. The van der Waals surface area contributed by atoms with Gasteiger partial charge >= 0.3 is 0 Å². The number of imidazole rings is 1. The molecule has 130 valence electrons. The average Bonchev–Trinajstić information content (AvgIpc) is 3.01. The number of nitrogens with zero attached hydrogens (tertiary/aromatic N) is 5. The quantitative estimate of drug-likeness (QED) is 0.791. The van der Waals surface area contributed by atoms with Gasteiger partial charge in [-0.2, -0.15) is 0 Å². The van der Waals surface area contributed by atoms with Gasteiger partial charge in [-0.25, -0.2) is 4.98 Å². The van der Waals surface area contributed by atoms with E-state index >= 15 is 0 Å². The summed E-state index contributed by atoms with van der Waals surface area (Å²) in [5, 5.41) is 0. The molecule has 0 bridgehead atoms. The van der Waals surface area contributed by atoms with Gasteiger partial charge in [0, 0.05) is 50.8 Å². The maximum Gasteiger partial charge on any atom is 0.137 e. The Morgan fingerprint density at radius 2 is 1.84 bits per heavy atom. The molecule has 1 saturated heterocycles. The van der Waals surface area contributed by atoms with Crippen molar-refractivity contribution in [1.82, 2.24) is 24.2 Å². The van der Waals surface area contributed by atoms with Crippen molar-refractivity contribution >= 4 is 11.3 Å². The minimum Gasteiger partial charge on any atom is -0.398 e. The van der Waals surface area contributed by atoms with E-state index in [1.807, 2.05) is 42.7 Å². The minimum absolute atomic E-state index is 0.745. The molecule has 1 aliphatic heterocycles. The molecule has 0 spiro atoms. The topological polar surface area (TPSA) is 62.7 Å². The Labute approximate surface area is 147 Å². The Bertz CT molecular complexity index is 849. The van der Waals surface area contributed by atoms with Crippen LogP contribution in [0.3, 0.4) is 0 Å². The second kappa shape index (κ2) is 6.82. The van der Waals surface area contributed by atoms with Crippen molar-refractivity contribution in [3.05, 3.63) is 48.4 Å². The second-order valence-electron chi connectivity index (χ2n) is 6.52. The summed E-state index contributed by atoms with van der Waals surface area (Å²) in [6.07, 6.45) is 3.78. The molecule has 4 rings (SSSR count). The number of nitrogen functional groups attached to an aromatic ring is 1. The number of aromatic nitrogens is 3. The van der Waals surface area contributed by atoms with Crippen LogP contribution in [-0.2, 0) is 6.54 Å². The molecular weight excluding hydrogens is 312 g/mol. The predicted molar refractivity (Wildman–Crippen MR) is 100 cm³/mol. The van der Waals surface area contributed by atoms with E-state index < -0.39 is 0 Å². The first-order chi connectivity index (χ1) is 12.2. The van der Waals surface area contributed by atoms with Crippen LogP contribution in [0.1, 0.15) is 12.6 Å². The molecular formula is C19H24N6. The van der Waals surface area contributed by atoms with E-state index in [0.717, 1.165) is 67.7 Å². The number of anilines is 1. The summed E-state index contributed by atoms with van der Waals surface area (Å²) in [6.45, 7) is 8.59. The van der Waals surface area contributed by atoms with E-state index in [2.05, 4.69) is 26.1 Å². The van der Waals surface area contributed by atoms with Crippen LogP contribution in [0.25, 0.3) is 17.0 Å². The first-order valence-electron chi connectivity index (χ1n) is 8.87. The lowest BCUT2D eigenvalue weighted by molar-refractivity contribution is 0.131. The average molecular weight is 336 g/mol. The largest absolute Gasteiger partial charge is 0.398 e. The second-order valence-corrected chi connectivity index (χ2v) is 6.52. The van der Waals surface area contributed by atoms with Gasteiger partial charge in [-0.3, -0.25) is 14.3 Å². The first kappa shape index (κ1) is 16.1. The molecule has 6 heteroatoms. The number of piperazine rings is 1. The Morgan fingerprint density at radius 1 is 1.04 bits per heavy atom. The van der Waals surface area contributed by atoms with E-state index in [0.29, 0.717) is 0 Å². The van der Waals surface area contributed by atoms with Crippen LogP contribution in [0.4, 0.5) is 5.69 Å². The van der Waals surface area contributed by atoms with Gasteiger partial charge in [-0.1, -0.05) is 13.0 Å². The maximum absolute atomic E-state index is 6.03. The van der Waals surface area contributed by atoms with Crippen molar-refractivity contribution in [2.24, 2.45) is 0 Å². The third-order valence-electron chi connectivity index (χ3n) is 4.93. The van der Waals surface area contributed by atoms with Gasteiger partial charge in [-0.05, 0) is 30.8 Å². The molecule has 3 aromatic rings. The molecule has 1 aliphatic rings. The lowest BCUT2D eigenvalue weighted by atomic mass is 10.2. The Hall–Kier alpha value is -2.44. The van der Waals surface area contributed by atoms with Crippen LogP contribution < -0.4 is 5.73 Å². The van der Waals surface area contributed by atoms with Crippen molar-refractivity contribution in [1.29, 1.82) is 0 Å². The van der Waals surface area contributed by atoms with Crippen molar-refractivity contribution < 1.29 is 0 Å². The molecule has 6 nitrogen and oxygen atoms in total. The van der Waals surface area contributed by atoms with E-state index in [-0.39, 0.29) is 0 Å². The zero-order chi connectivity index (χ0) is 17.2. The number of hydrogen-bond donors (Lipinski definition) is 1. The first-order valence-corrected chi connectivity index (χ1v) is 8.87. The Kier molecular flexibility index (Phi) is 4.38. The SMILES string of the molecule is CCN1CCN(Cc2c(-c3ccccn3)nc3ccc(N)cn23)CC1. The highest BCUT2D eigenvalue weighted by Crippen LogP contribution is 2.25. The molecule has 0 aliphatic carbocycles. The normalized spacial score (nSPS) is 16.5.